The molecule has 1 aromatic carbocycles. The molecule has 0 aromatic heterocycles. The summed E-state index contributed by atoms with van der Waals surface area (Å²) in [4.78, 5) is 23.2. The topological polar surface area (TPSA) is 67.4 Å². The van der Waals surface area contributed by atoms with Crippen molar-refractivity contribution in [3.05, 3.63) is 29.8 Å². The summed E-state index contributed by atoms with van der Waals surface area (Å²) in [5, 5.41) is 5.54. The van der Waals surface area contributed by atoms with Gasteiger partial charge in [-0.2, -0.15) is 0 Å². The predicted octanol–water partition coefficient (Wildman–Crippen LogP) is 1.82. The van der Waals surface area contributed by atoms with Crippen LogP contribution >= 0.6 is 0 Å². The highest BCUT2D eigenvalue weighted by Gasteiger charge is 2.21. The predicted molar refractivity (Wildman–Crippen MR) is 73.7 cm³/mol. The number of hydrogen-bond donors (Lipinski definition) is 2. The van der Waals surface area contributed by atoms with Crippen molar-refractivity contribution in [2.24, 2.45) is 0 Å². The highest BCUT2D eigenvalue weighted by molar-refractivity contribution is 5.86. The van der Waals surface area contributed by atoms with Crippen molar-refractivity contribution in [2.75, 3.05) is 11.9 Å². The van der Waals surface area contributed by atoms with Crippen LogP contribution in [0.3, 0.4) is 0 Å². The van der Waals surface area contributed by atoms with Crippen LogP contribution in [0.15, 0.2) is 24.3 Å². The van der Waals surface area contributed by atoms with Crippen molar-refractivity contribution < 1.29 is 14.3 Å². The van der Waals surface area contributed by atoms with Crippen LogP contribution in [0.2, 0.25) is 0 Å². The minimum absolute atomic E-state index is 0.210. The van der Waals surface area contributed by atoms with Crippen LogP contribution in [0, 0.1) is 6.92 Å². The Kier molecular flexibility index (Phi) is 5.85. The second-order valence-electron chi connectivity index (χ2n) is 4.12. The van der Waals surface area contributed by atoms with Gasteiger partial charge in [0, 0.05) is 12.1 Å². The van der Waals surface area contributed by atoms with Crippen LogP contribution in [0.5, 0.6) is 0 Å². The number of carbonyl (C=O) groups is 2. The number of esters is 1. The molecule has 0 bridgehead atoms. The van der Waals surface area contributed by atoms with Crippen molar-refractivity contribution in [2.45, 2.75) is 33.4 Å². The molecule has 0 heterocycles. The van der Waals surface area contributed by atoms with Gasteiger partial charge in [0.1, 0.15) is 0 Å². The van der Waals surface area contributed by atoms with Crippen LogP contribution in [-0.2, 0) is 14.3 Å². The molecule has 0 aliphatic rings. The van der Waals surface area contributed by atoms with Crippen molar-refractivity contribution in [1.82, 2.24) is 5.32 Å². The molecule has 0 fully saturated rings. The lowest BCUT2D eigenvalue weighted by Crippen LogP contribution is -2.47. The van der Waals surface area contributed by atoms with Gasteiger partial charge >= 0.3 is 5.97 Å². The molecule has 0 spiro atoms. The Morgan fingerprint density at radius 3 is 2.37 bits per heavy atom. The minimum Gasteiger partial charge on any atom is -0.463 e. The summed E-state index contributed by atoms with van der Waals surface area (Å²) in [7, 11) is 0. The van der Waals surface area contributed by atoms with E-state index in [1.165, 1.54) is 0 Å². The number of benzene rings is 1. The van der Waals surface area contributed by atoms with Gasteiger partial charge in [-0.05, 0) is 26.0 Å². The van der Waals surface area contributed by atoms with Crippen LogP contribution in [-0.4, -0.2) is 24.6 Å². The first-order chi connectivity index (χ1) is 9.06. The number of anilines is 1. The fourth-order valence-corrected chi connectivity index (χ4v) is 1.46. The van der Waals surface area contributed by atoms with E-state index in [4.69, 9.17) is 4.74 Å². The Balaban J connectivity index is 2.75. The lowest BCUT2D eigenvalue weighted by atomic mass is 10.2. The normalized spacial score (nSPS) is 11.5. The van der Waals surface area contributed by atoms with E-state index >= 15 is 0 Å². The third-order valence-corrected chi connectivity index (χ3v) is 2.51. The maximum Gasteiger partial charge on any atom is 0.349 e. The lowest BCUT2D eigenvalue weighted by molar-refractivity contribution is -0.146. The fourth-order valence-electron chi connectivity index (χ4n) is 1.46. The number of amides is 1. The summed E-state index contributed by atoms with van der Waals surface area (Å²) in [6.45, 7) is 5.70. The summed E-state index contributed by atoms with van der Waals surface area (Å²) >= 11 is 0. The summed E-state index contributed by atoms with van der Waals surface area (Å²) in [5.41, 5.74) is 1.87. The summed E-state index contributed by atoms with van der Waals surface area (Å²) in [6.07, 6.45) is -0.555. The SMILES string of the molecule is CCOC(=O)C(NC(=O)CC)Nc1ccc(C)cc1. The third-order valence-electron chi connectivity index (χ3n) is 2.51. The van der Waals surface area contributed by atoms with E-state index in [2.05, 4.69) is 10.6 Å². The van der Waals surface area contributed by atoms with Gasteiger partial charge in [-0.1, -0.05) is 24.6 Å². The second-order valence-corrected chi connectivity index (χ2v) is 4.12. The van der Waals surface area contributed by atoms with Gasteiger partial charge in [0.2, 0.25) is 5.91 Å². The van der Waals surface area contributed by atoms with Crippen LogP contribution < -0.4 is 10.6 Å². The Hall–Kier alpha value is -2.04. The largest absolute Gasteiger partial charge is 0.463 e. The molecule has 0 aliphatic heterocycles. The maximum atomic E-state index is 11.8. The number of rotatable bonds is 6. The quantitative estimate of drug-likeness (QED) is 0.607. The zero-order valence-corrected chi connectivity index (χ0v) is 11.5. The van der Waals surface area contributed by atoms with E-state index in [0.29, 0.717) is 6.42 Å². The maximum absolute atomic E-state index is 11.8. The highest BCUT2D eigenvalue weighted by Crippen LogP contribution is 2.10. The number of aryl methyl sites for hydroxylation is 1. The van der Waals surface area contributed by atoms with E-state index in [1.807, 2.05) is 31.2 Å². The standard InChI is InChI=1S/C14H20N2O3/c1-4-12(17)16-13(14(18)19-5-2)15-11-8-6-10(3)7-9-11/h6-9,13,15H,4-5H2,1-3H3,(H,16,17). The molecule has 1 unspecified atom stereocenters. The fraction of sp³-hybridized carbons (Fsp3) is 0.429. The van der Waals surface area contributed by atoms with Gasteiger partial charge < -0.3 is 15.4 Å². The summed E-state index contributed by atoms with van der Waals surface area (Å²) in [6, 6.07) is 7.54. The van der Waals surface area contributed by atoms with Crippen molar-refractivity contribution >= 4 is 17.6 Å². The first-order valence-electron chi connectivity index (χ1n) is 6.36. The summed E-state index contributed by atoms with van der Waals surface area (Å²) in [5.74, 6) is -0.706. The smallest absolute Gasteiger partial charge is 0.349 e. The van der Waals surface area contributed by atoms with E-state index in [0.717, 1.165) is 11.3 Å². The van der Waals surface area contributed by atoms with Crippen LogP contribution in [0.1, 0.15) is 25.8 Å². The Bertz CT molecular complexity index is 429. The van der Waals surface area contributed by atoms with Crippen LogP contribution in [0.25, 0.3) is 0 Å². The molecule has 1 rings (SSSR count). The van der Waals surface area contributed by atoms with Crippen molar-refractivity contribution in [3.63, 3.8) is 0 Å². The zero-order chi connectivity index (χ0) is 14.3. The number of ether oxygens (including phenoxy) is 1. The molecule has 0 radical (unpaired) electrons. The van der Waals surface area contributed by atoms with E-state index in [9.17, 15) is 9.59 Å². The van der Waals surface area contributed by atoms with Gasteiger partial charge in [-0.3, -0.25) is 4.79 Å². The lowest BCUT2D eigenvalue weighted by Gasteiger charge is -2.19. The van der Waals surface area contributed by atoms with E-state index in [1.54, 1.807) is 13.8 Å². The van der Waals surface area contributed by atoms with Crippen LogP contribution in [0.4, 0.5) is 5.69 Å². The number of nitrogens with one attached hydrogen (secondary N) is 2. The Morgan fingerprint density at radius 1 is 1.21 bits per heavy atom. The molecule has 1 aromatic rings. The third kappa shape index (κ3) is 4.99. The Morgan fingerprint density at radius 2 is 1.84 bits per heavy atom. The van der Waals surface area contributed by atoms with E-state index in [-0.39, 0.29) is 12.5 Å². The van der Waals surface area contributed by atoms with Gasteiger partial charge in [0.05, 0.1) is 6.61 Å². The number of carbonyl (C=O) groups excluding carboxylic acids is 2. The highest BCUT2D eigenvalue weighted by atomic mass is 16.5. The molecule has 5 nitrogen and oxygen atoms in total. The molecule has 5 heteroatoms. The molecule has 0 saturated carbocycles. The Labute approximate surface area is 113 Å². The molecule has 1 amide bonds. The molecule has 0 aliphatic carbocycles. The molecule has 1 atom stereocenters. The zero-order valence-electron chi connectivity index (χ0n) is 11.5. The minimum atomic E-state index is -0.866. The van der Waals surface area contributed by atoms with Gasteiger partial charge in [-0.25, -0.2) is 4.79 Å². The average Bonchev–Trinajstić information content (AvgIpc) is 2.40. The van der Waals surface area contributed by atoms with E-state index < -0.39 is 12.1 Å². The number of hydrogen-bond acceptors (Lipinski definition) is 4. The first kappa shape index (κ1) is 15.0. The van der Waals surface area contributed by atoms with Crippen molar-refractivity contribution in [1.29, 1.82) is 0 Å². The molecule has 104 valence electrons. The van der Waals surface area contributed by atoms with Crippen molar-refractivity contribution in [3.8, 4) is 0 Å². The summed E-state index contributed by atoms with van der Waals surface area (Å²) < 4.78 is 4.93. The van der Waals surface area contributed by atoms with Gasteiger partial charge in [0.15, 0.2) is 6.17 Å². The monoisotopic (exact) mass is 264 g/mol. The second kappa shape index (κ2) is 7.41. The molecule has 19 heavy (non-hydrogen) atoms. The van der Waals surface area contributed by atoms with Gasteiger partial charge in [-0.15, -0.1) is 0 Å². The molecular formula is C14H20N2O3. The molecule has 2 N–H and O–H groups in total. The van der Waals surface area contributed by atoms with Gasteiger partial charge in [0.25, 0.3) is 0 Å². The molecular weight excluding hydrogens is 244 g/mol. The first-order valence-corrected chi connectivity index (χ1v) is 6.36. The average molecular weight is 264 g/mol. The molecule has 0 saturated heterocycles.